The first-order chi connectivity index (χ1) is 15.3. The van der Waals surface area contributed by atoms with Crippen LogP contribution in [0, 0.1) is 12.8 Å². The maximum Gasteiger partial charge on any atom is 0.312 e. The highest BCUT2D eigenvalue weighted by Crippen LogP contribution is 2.21. The zero-order valence-corrected chi connectivity index (χ0v) is 18.9. The SMILES string of the molecule is Cc1ccccc1C(=O)NN1C[C@H](C(=O)O[C@H](CCCl)C(=O)c2ccc(Cl)cc2)CC1=O. The number of carbonyl (C=O) groups excluding carboxylic acids is 4. The lowest BCUT2D eigenvalue weighted by Gasteiger charge is -2.20. The Labute approximate surface area is 195 Å². The molecule has 9 heteroatoms. The summed E-state index contributed by atoms with van der Waals surface area (Å²) in [5.74, 6) is -2.64. The molecule has 168 valence electrons. The van der Waals surface area contributed by atoms with Crippen molar-refractivity contribution in [2.45, 2.75) is 25.9 Å². The number of halogens is 2. The van der Waals surface area contributed by atoms with E-state index in [1.54, 1.807) is 49.4 Å². The van der Waals surface area contributed by atoms with E-state index in [2.05, 4.69) is 5.43 Å². The topological polar surface area (TPSA) is 92.8 Å². The third kappa shape index (κ3) is 5.66. The van der Waals surface area contributed by atoms with E-state index in [9.17, 15) is 19.2 Å². The number of rotatable bonds is 8. The highest BCUT2D eigenvalue weighted by Gasteiger charge is 2.38. The highest BCUT2D eigenvalue weighted by molar-refractivity contribution is 6.30. The number of nitrogens with one attached hydrogen (secondary N) is 1. The van der Waals surface area contributed by atoms with Gasteiger partial charge >= 0.3 is 5.97 Å². The third-order valence-electron chi connectivity index (χ3n) is 5.14. The summed E-state index contributed by atoms with van der Waals surface area (Å²) in [6, 6.07) is 13.2. The fourth-order valence-corrected chi connectivity index (χ4v) is 3.69. The average molecular weight is 477 g/mol. The molecular weight excluding hydrogens is 455 g/mol. The zero-order valence-electron chi connectivity index (χ0n) is 17.3. The lowest BCUT2D eigenvalue weighted by Crippen LogP contribution is -2.44. The number of hydrazine groups is 1. The van der Waals surface area contributed by atoms with Gasteiger partial charge in [0.2, 0.25) is 11.7 Å². The summed E-state index contributed by atoms with van der Waals surface area (Å²) in [5.41, 5.74) is 4.07. The van der Waals surface area contributed by atoms with Crippen LogP contribution < -0.4 is 5.43 Å². The Bertz CT molecular complexity index is 1030. The molecule has 0 radical (unpaired) electrons. The van der Waals surface area contributed by atoms with Gasteiger partial charge in [-0.1, -0.05) is 29.8 Å². The second-order valence-corrected chi connectivity index (χ2v) is 8.25. The maximum atomic E-state index is 12.7. The largest absolute Gasteiger partial charge is 0.454 e. The highest BCUT2D eigenvalue weighted by atomic mass is 35.5. The van der Waals surface area contributed by atoms with E-state index in [-0.39, 0.29) is 25.3 Å². The summed E-state index contributed by atoms with van der Waals surface area (Å²) in [7, 11) is 0. The molecule has 2 atom stereocenters. The third-order valence-corrected chi connectivity index (χ3v) is 5.61. The molecule has 0 aliphatic carbocycles. The van der Waals surface area contributed by atoms with Crippen molar-refractivity contribution in [2.75, 3.05) is 12.4 Å². The smallest absolute Gasteiger partial charge is 0.312 e. The van der Waals surface area contributed by atoms with Crippen LogP contribution in [0.25, 0.3) is 0 Å². The van der Waals surface area contributed by atoms with Gasteiger partial charge in [-0.25, -0.2) is 0 Å². The molecule has 0 aromatic heterocycles. The fourth-order valence-electron chi connectivity index (χ4n) is 3.36. The minimum Gasteiger partial charge on any atom is -0.454 e. The van der Waals surface area contributed by atoms with Crippen LogP contribution in [-0.4, -0.2) is 47.1 Å². The first kappa shape index (κ1) is 23.8. The van der Waals surface area contributed by atoms with Crippen LogP contribution in [-0.2, 0) is 14.3 Å². The van der Waals surface area contributed by atoms with Crippen LogP contribution >= 0.6 is 23.2 Å². The summed E-state index contributed by atoms with van der Waals surface area (Å²) >= 11 is 11.7. The second-order valence-electron chi connectivity index (χ2n) is 7.44. The Morgan fingerprint density at radius 2 is 1.84 bits per heavy atom. The van der Waals surface area contributed by atoms with Gasteiger partial charge in [-0.05, 0) is 42.8 Å². The van der Waals surface area contributed by atoms with Gasteiger partial charge in [0, 0.05) is 34.9 Å². The predicted octanol–water partition coefficient (Wildman–Crippen LogP) is 3.57. The molecule has 1 heterocycles. The summed E-state index contributed by atoms with van der Waals surface area (Å²) in [5, 5.41) is 1.59. The molecule has 0 bridgehead atoms. The molecule has 7 nitrogen and oxygen atoms in total. The fraction of sp³-hybridized carbons (Fsp3) is 0.304. The molecule has 1 aliphatic rings. The Morgan fingerprint density at radius 3 is 2.50 bits per heavy atom. The molecule has 0 saturated carbocycles. The minimum atomic E-state index is -1.08. The molecular formula is C23H22Cl2N2O5. The molecule has 2 amide bonds. The number of alkyl halides is 1. The van der Waals surface area contributed by atoms with Crippen molar-refractivity contribution in [3.8, 4) is 0 Å². The summed E-state index contributed by atoms with van der Waals surface area (Å²) in [4.78, 5) is 50.3. The summed E-state index contributed by atoms with van der Waals surface area (Å²) in [6.07, 6.45) is -1.08. The second kappa shape index (κ2) is 10.6. The number of aryl methyl sites for hydroxylation is 1. The first-order valence-electron chi connectivity index (χ1n) is 10.0. The maximum absolute atomic E-state index is 12.7. The summed E-state index contributed by atoms with van der Waals surface area (Å²) in [6.45, 7) is 1.74. The Morgan fingerprint density at radius 1 is 1.16 bits per heavy atom. The van der Waals surface area contributed by atoms with Gasteiger partial charge in [-0.15, -0.1) is 11.6 Å². The molecule has 32 heavy (non-hydrogen) atoms. The summed E-state index contributed by atoms with van der Waals surface area (Å²) < 4.78 is 5.43. The van der Waals surface area contributed by atoms with Crippen molar-refractivity contribution in [2.24, 2.45) is 5.92 Å². The van der Waals surface area contributed by atoms with E-state index in [4.69, 9.17) is 27.9 Å². The van der Waals surface area contributed by atoms with E-state index in [1.807, 2.05) is 6.07 Å². The molecule has 1 saturated heterocycles. The zero-order chi connectivity index (χ0) is 23.3. The van der Waals surface area contributed by atoms with Crippen LogP contribution in [0.5, 0.6) is 0 Å². The number of Topliss-reactive ketones (excluding diaryl/α,β-unsaturated/α-hetero) is 1. The lowest BCUT2D eigenvalue weighted by atomic mass is 10.0. The van der Waals surface area contributed by atoms with Gasteiger partial charge in [0.25, 0.3) is 5.91 Å². The number of ether oxygens (including phenoxy) is 1. The molecule has 3 rings (SSSR count). The predicted molar refractivity (Wildman–Crippen MR) is 119 cm³/mol. The molecule has 0 spiro atoms. The van der Waals surface area contributed by atoms with Gasteiger partial charge in [0.1, 0.15) is 0 Å². The van der Waals surface area contributed by atoms with Crippen molar-refractivity contribution >= 4 is 46.8 Å². The average Bonchev–Trinajstić information content (AvgIpc) is 3.14. The Hall–Kier alpha value is -2.90. The normalized spacial score (nSPS) is 16.5. The number of esters is 1. The van der Waals surface area contributed by atoms with Crippen LogP contribution in [0.3, 0.4) is 0 Å². The van der Waals surface area contributed by atoms with E-state index < -0.39 is 35.6 Å². The first-order valence-corrected chi connectivity index (χ1v) is 10.9. The van der Waals surface area contributed by atoms with E-state index in [1.165, 1.54) is 0 Å². The molecule has 1 aliphatic heterocycles. The van der Waals surface area contributed by atoms with Crippen LogP contribution in [0.2, 0.25) is 5.02 Å². The van der Waals surface area contributed by atoms with Gasteiger partial charge in [0.05, 0.1) is 12.5 Å². The number of ketones is 1. The number of amides is 2. The van der Waals surface area contributed by atoms with Crippen LogP contribution in [0.1, 0.15) is 39.1 Å². The molecule has 2 aromatic carbocycles. The van der Waals surface area contributed by atoms with Crippen LogP contribution in [0.4, 0.5) is 0 Å². The van der Waals surface area contributed by atoms with Crippen molar-refractivity contribution in [1.82, 2.24) is 10.4 Å². The van der Waals surface area contributed by atoms with Crippen molar-refractivity contribution in [3.63, 3.8) is 0 Å². The monoisotopic (exact) mass is 476 g/mol. The van der Waals surface area contributed by atoms with Crippen molar-refractivity contribution in [1.29, 1.82) is 0 Å². The van der Waals surface area contributed by atoms with E-state index in [0.29, 0.717) is 16.1 Å². The quantitative estimate of drug-likeness (QED) is 0.357. The molecule has 2 aromatic rings. The number of hydrogen-bond donors (Lipinski definition) is 1. The van der Waals surface area contributed by atoms with Crippen molar-refractivity contribution < 1.29 is 23.9 Å². The Kier molecular flexibility index (Phi) is 7.88. The van der Waals surface area contributed by atoms with Crippen LogP contribution in [0.15, 0.2) is 48.5 Å². The molecule has 1 fully saturated rings. The lowest BCUT2D eigenvalue weighted by molar-refractivity contribution is -0.151. The number of nitrogens with zero attached hydrogens (tertiary/aromatic N) is 1. The number of hydrogen-bond acceptors (Lipinski definition) is 5. The van der Waals surface area contributed by atoms with E-state index in [0.717, 1.165) is 10.6 Å². The van der Waals surface area contributed by atoms with E-state index >= 15 is 0 Å². The van der Waals surface area contributed by atoms with Crippen molar-refractivity contribution in [3.05, 3.63) is 70.2 Å². The molecule has 1 N–H and O–H groups in total. The van der Waals surface area contributed by atoms with Gasteiger partial charge in [-0.2, -0.15) is 0 Å². The molecule has 0 unspecified atom stereocenters. The standard InChI is InChI=1S/C23H22Cl2N2O5/c1-14-4-2-3-5-18(14)22(30)26-27-13-16(12-20(27)28)23(31)32-19(10-11-24)21(29)15-6-8-17(25)9-7-15/h2-9,16,19H,10-13H2,1H3,(H,26,30)/t16-,19-/m1/s1. The van der Waals surface area contributed by atoms with Gasteiger partial charge in [0.15, 0.2) is 6.10 Å². The number of carbonyl (C=O) groups is 4. The minimum absolute atomic E-state index is 0.0436. The number of benzene rings is 2. The van der Waals surface area contributed by atoms with Gasteiger partial charge in [-0.3, -0.25) is 29.6 Å². The van der Waals surface area contributed by atoms with Gasteiger partial charge < -0.3 is 4.74 Å². The Balaban J connectivity index is 1.63.